The molecule has 0 aromatic heterocycles. The standard InChI is InChI=1S/C24H27N3O6/c1-9-4-11-5-13-15(7-25)27-14(19(26-13)17(11)23(32)24(9)33-3)6-12-18(16(27)8-28)22(31)21(30)10(2)20(12)29/h4,13-16,19,26,28-32H,5-6,8H2,1-3H3/t13-,14-,15-,16-,19+/m0/s1. The van der Waals surface area contributed by atoms with Crippen LogP contribution in [0, 0.1) is 25.2 Å². The number of nitrogens with zero attached hydrogens (tertiary/aromatic N) is 2. The number of fused-ring (bicyclic) bond motifs is 7. The summed E-state index contributed by atoms with van der Waals surface area (Å²) in [6.45, 7) is 2.94. The summed E-state index contributed by atoms with van der Waals surface area (Å²) in [5.41, 5.74) is 3.22. The average Bonchev–Trinajstić information content (AvgIpc) is 2.80. The Balaban J connectivity index is 1.75. The fourth-order valence-electron chi connectivity index (χ4n) is 6.17. The highest BCUT2D eigenvalue weighted by Gasteiger charge is 2.53. The Labute approximate surface area is 191 Å². The summed E-state index contributed by atoms with van der Waals surface area (Å²) in [4.78, 5) is 1.86. The number of nitriles is 1. The van der Waals surface area contributed by atoms with Crippen molar-refractivity contribution in [2.45, 2.75) is 56.9 Å². The molecule has 33 heavy (non-hydrogen) atoms. The number of benzene rings is 2. The van der Waals surface area contributed by atoms with Crippen molar-refractivity contribution in [2.75, 3.05) is 13.7 Å². The molecule has 1 saturated heterocycles. The first-order valence-electron chi connectivity index (χ1n) is 10.9. The van der Waals surface area contributed by atoms with Gasteiger partial charge in [0.2, 0.25) is 0 Å². The van der Waals surface area contributed by atoms with E-state index in [9.17, 15) is 30.8 Å². The zero-order chi connectivity index (χ0) is 23.8. The maximum absolute atomic E-state index is 11.1. The minimum Gasteiger partial charge on any atom is -0.507 e. The fourth-order valence-corrected chi connectivity index (χ4v) is 6.17. The predicted octanol–water partition coefficient (Wildman–Crippen LogP) is 1.56. The number of aliphatic hydroxyl groups is 1. The van der Waals surface area contributed by atoms with Crippen LogP contribution in [0.2, 0.25) is 0 Å². The van der Waals surface area contributed by atoms with Crippen LogP contribution in [0.15, 0.2) is 6.07 Å². The number of nitrogens with one attached hydrogen (secondary N) is 1. The Morgan fingerprint density at radius 3 is 2.45 bits per heavy atom. The van der Waals surface area contributed by atoms with E-state index < -0.39 is 42.3 Å². The number of hydrogen-bond donors (Lipinski definition) is 6. The van der Waals surface area contributed by atoms with Crippen LogP contribution in [0.1, 0.15) is 45.5 Å². The smallest absolute Gasteiger partial charge is 0.164 e. The van der Waals surface area contributed by atoms with Crippen LogP contribution >= 0.6 is 0 Å². The third-order valence-corrected chi connectivity index (χ3v) is 7.60. The van der Waals surface area contributed by atoms with Gasteiger partial charge in [0.15, 0.2) is 23.0 Å². The zero-order valence-electron chi connectivity index (χ0n) is 18.6. The summed E-state index contributed by atoms with van der Waals surface area (Å²) in [6, 6.07) is 1.78. The molecule has 0 aliphatic carbocycles. The minimum atomic E-state index is -0.816. The molecular weight excluding hydrogens is 426 g/mol. The lowest BCUT2D eigenvalue weighted by molar-refractivity contribution is -0.0205. The molecule has 2 bridgehead atoms. The van der Waals surface area contributed by atoms with Crippen LogP contribution in [0.3, 0.4) is 0 Å². The molecule has 3 aliphatic heterocycles. The van der Waals surface area contributed by atoms with Crippen LogP contribution in [0.25, 0.3) is 0 Å². The minimum absolute atomic E-state index is 0.0408. The first kappa shape index (κ1) is 21.6. The van der Waals surface area contributed by atoms with Gasteiger partial charge in [0.1, 0.15) is 11.8 Å². The van der Waals surface area contributed by atoms with Gasteiger partial charge in [-0.1, -0.05) is 6.07 Å². The van der Waals surface area contributed by atoms with E-state index in [-0.39, 0.29) is 35.1 Å². The first-order valence-corrected chi connectivity index (χ1v) is 10.9. The van der Waals surface area contributed by atoms with E-state index >= 15 is 0 Å². The lowest BCUT2D eigenvalue weighted by Crippen LogP contribution is -2.68. The lowest BCUT2D eigenvalue weighted by atomic mass is 9.73. The van der Waals surface area contributed by atoms with E-state index in [1.165, 1.54) is 14.0 Å². The van der Waals surface area contributed by atoms with Crippen molar-refractivity contribution in [2.24, 2.45) is 0 Å². The third kappa shape index (κ3) is 2.75. The molecule has 2 aromatic carbocycles. The van der Waals surface area contributed by atoms with Crippen molar-refractivity contribution in [3.05, 3.63) is 39.4 Å². The molecule has 3 heterocycles. The molecule has 5 atom stereocenters. The Hall–Kier alpha value is -3.19. The molecule has 1 fully saturated rings. The SMILES string of the molecule is COc1c(C)cc2c(c1O)[C@@H]1N[C@@H](C2)[C@H](C#N)N2[C@@H](CO)c3c(O)c(O)c(C)c(O)c3C[C@@H]12. The Morgan fingerprint density at radius 1 is 1.09 bits per heavy atom. The molecule has 0 spiro atoms. The van der Waals surface area contributed by atoms with Crippen molar-refractivity contribution < 1.29 is 30.3 Å². The van der Waals surface area contributed by atoms with Gasteiger partial charge in [0.05, 0.1) is 31.9 Å². The van der Waals surface area contributed by atoms with E-state index in [0.717, 1.165) is 11.1 Å². The Morgan fingerprint density at radius 2 is 1.82 bits per heavy atom. The van der Waals surface area contributed by atoms with Crippen LogP contribution in [0.5, 0.6) is 28.7 Å². The number of phenolic OH excluding ortho intramolecular Hbond substituents is 4. The summed E-state index contributed by atoms with van der Waals surface area (Å²) in [5.74, 6) is -0.539. The van der Waals surface area contributed by atoms with Crippen LogP contribution in [-0.2, 0) is 12.8 Å². The molecule has 174 valence electrons. The highest BCUT2D eigenvalue weighted by atomic mass is 16.5. The summed E-state index contributed by atoms with van der Waals surface area (Å²) in [6.07, 6.45) is 0.733. The number of aryl methyl sites for hydroxylation is 1. The third-order valence-electron chi connectivity index (χ3n) is 7.60. The zero-order valence-corrected chi connectivity index (χ0v) is 18.6. The van der Waals surface area contributed by atoms with Crippen LogP contribution < -0.4 is 10.1 Å². The van der Waals surface area contributed by atoms with Gasteiger partial charge in [-0.15, -0.1) is 0 Å². The largest absolute Gasteiger partial charge is 0.507 e. The van der Waals surface area contributed by atoms with Crippen LogP contribution in [-0.4, -0.2) is 62.3 Å². The number of aliphatic hydroxyl groups excluding tert-OH is 1. The topological polar surface area (TPSA) is 149 Å². The van der Waals surface area contributed by atoms with Crippen LogP contribution in [0.4, 0.5) is 0 Å². The second kappa shape index (κ2) is 7.42. The van der Waals surface area contributed by atoms with Gasteiger partial charge in [0, 0.05) is 34.3 Å². The maximum Gasteiger partial charge on any atom is 0.164 e. The second-order valence-corrected chi connectivity index (χ2v) is 9.16. The molecule has 6 N–H and O–H groups in total. The summed E-state index contributed by atoms with van der Waals surface area (Å²) >= 11 is 0. The molecule has 0 amide bonds. The van der Waals surface area contributed by atoms with Gasteiger partial charge < -0.3 is 35.6 Å². The first-order chi connectivity index (χ1) is 15.7. The fraction of sp³-hybridized carbons (Fsp3) is 0.458. The maximum atomic E-state index is 11.1. The van der Waals surface area contributed by atoms with E-state index in [0.29, 0.717) is 23.3 Å². The van der Waals surface area contributed by atoms with Crippen molar-refractivity contribution in [3.63, 3.8) is 0 Å². The van der Waals surface area contributed by atoms with E-state index in [2.05, 4.69) is 11.4 Å². The van der Waals surface area contributed by atoms with E-state index in [1.54, 1.807) is 0 Å². The average molecular weight is 453 g/mol. The number of methoxy groups -OCH3 is 1. The molecule has 5 rings (SSSR count). The van der Waals surface area contributed by atoms with Crippen molar-refractivity contribution >= 4 is 0 Å². The van der Waals surface area contributed by atoms with E-state index in [1.807, 2.05) is 17.9 Å². The molecule has 3 aliphatic rings. The number of piperazine rings is 1. The van der Waals surface area contributed by atoms with Crippen molar-refractivity contribution in [1.82, 2.24) is 10.2 Å². The number of rotatable bonds is 2. The predicted molar refractivity (Wildman–Crippen MR) is 117 cm³/mol. The van der Waals surface area contributed by atoms with Gasteiger partial charge in [-0.05, 0) is 37.8 Å². The highest BCUT2D eigenvalue weighted by molar-refractivity contribution is 5.64. The number of hydrogen-bond acceptors (Lipinski definition) is 9. The van der Waals surface area contributed by atoms with Crippen molar-refractivity contribution in [1.29, 1.82) is 5.26 Å². The highest BCUT2D eigenvalue weighted by Crippen LogP contribution is 2.54. The normalized spacial score (nSPS) is 27.8. The molecule has 2 aromatic rings. The van der Waals surface area contributed by atoms with E-state index in [4.69, 9.17) is 4.74 Å². The lowest BCUT2D eigenvalue weighted by Gasteiger charge is -2.56. The molecule has 9 nitrogen and oxygen atoms in total. The molecule has 0 radical (unpaired) electrons. The summed E-state index contributed by atoms with van der Waals surface area (Å²) < 4.78 is 5.44. The number of ether oxygens (including phenoxy) is 1. The van der Waals surface area contributed by atoms with Crippen molar-refractivity contribution in [3.8, 4) is 34.8 Å². The monoisotopic (exact) mass is 453 g/mol. The van der Waals surface area contributed by atoms with Gasteiger partial charge in [-0.2, -0.15) is 5.26 Å². The summed E-state index contributed by atoms with van der Waals surface area (Å²) in [7, 11) is 1.50. The molecule has 0 unspecified atom stereocenters. The second-order valence-electron chi connectivity index (χ2n) is 9.16. The summed E-state index contributed by atoms with van der Waals surface area (Å²) in [5, 5.41) is 67.1. The van der Waals surface area contributed by atoms with Gasteiger partial charge in [-0.25, -0.2) is 0 Å². The Kier molecular flexibility index (Phi) is 4.86. The molecule has 9 heteroatoms. The van der Waals surface area contributed by atoms with Gasteiger partial charge in [0.25, 0.3) is 0 Å². The molecular formula is C24H27N3O6. The number of phenols is 4. The number of aromatic hydroxyl groups is 4. The van der Waals surface area contributed by atoms with Gasteiger partial charge >= 0.3 is 0 Å². The quantitative estimate of drug-likeness (QED) is 0.294. The van der Waals surface area contributed by atoms with Gasteiger partial charge in [-0.3, -0.25) is 4.90 Å². The Bertz CT molecular complexity index is 1210. The molecule has 0 saturated carbocycles.